The number of hydrogen-bond donors (Lipinski definition) is 0. The van der Waals surface area contributed by atoms with Crippen molar-refractivity contribution in [2.45, 2.75) is 20.3 Å². The molecule has 0 atom stereocenters. The van der Waals surface area contributed by atoms with Crippen molar-refractivity contribution >= 4 is 60.2 Å². The molecule has 13 heteroatoms. The fourth-order valence-corrected chi connectivity index (χ4v) is 5.94. The van der Waals surface area contributed by atoms with Crippen LogP contribution in [0.25, 0.3) is 55.7 Å². The van der Waals surface area contributed by atoms with Gasteiger partial charge in [0.2, 0.25) is 21.6 Å². The van der Waals surface area contributed by atoms with Gasteiger partial charge in [-0.15, -0.1) is 0 Å². The average Bonchev–Trinajstić information content (AvgIpc) is 3.58. The number of fused-ring (bicyclic) bond motifs is 6. The molecule has 0 aliphatic rings. The van der Waals surface area contributed by atoms with E-state index >= 15 is 0 Å². The van der Waals surface area contributed by atoms with Gasteiger partial charge < -0.3 is 4.42 Å². The number of halogens is 1. The third-order valence-electron chi connectivity index (χ3n) is 7.87. The van der Waals surface area contributed by atoms with Crippen molar-refractivity contribution in [1.29, 1.82) is 0 Å². The van der Waals surface area contributed by atoms with Crippen LogP contribution >= 0.6 is 0 Å². The molecule has 0 amide bonds. The fraction of sp³-hybridized carbons (Fsp3) is 0.156. The lowest BCUT2D eigenvalue weighted by molar-refractivity contribution is 0.0989. The van der Waals surface area contributed by atoms with Crippen LogP contribution in [-0.2, 0) is 10.0 Å². The highest BCUT2D eigenvalue weighted by Crippen LogP contribution is 2.38. The minimum atomic E-state index is -3.82. The Morgan fingerprint density at radius 2 is 1.84 bits per heavy atom. The highest BCUT2D eigenvalue weighted by Gasteiger charge is 2.28. The number of benzene rings is 1. The molecule has 0 radical (unpaired) electrons. The van der Waals surface area contributed by atoms with E-state index in [4.69, 9.17) is 9.40 Å². The molecule has 0 saturated carbocycles. The first-order valence-corrected chi connectivity index (χ1v) is 15.8. The quantitative estimate of drug-likeness (QED) is 0.224. The van der Waals surface area contributed by atoms with Crippen molar-refractivity contribution < 1.29 is 22.0 Å². The maximum Gasteiger partial charge on any atom is 0.257 e. The molecule has 0 fully saturated rings. The van der Waals surface area contributed by atoms with Crippen LogP contribution in [0.3, 0.4) is 0 Å². The number of nitrogens with zero attached hydrogens (tertiary/aromatic N) is 6. The fourth-order valence-electron chi connectivity index (χ4n) is 5.49. The number of carbonyl (C=O) groups is 1. The molecule has 7 rings (SSSR count). The van der Waals surface area contributed by atoms with E-state index in [-0.39, 0.29) is 46.6 Å². The highest BCUT2D eigenvalue weighted by atomic mass is 32.2. The summed E-state index contributed by atoms with van der Waals surface area (Å²) in [5.74, 6) is -0.703. The van der Waals surface area contributed by atoms with Gasteiger partial charge >= 0.3 is 0 Å². The van der Waals surface area contributed by atoms with Crippen LogP contribution < -0.4 is 9.86 Å². The molecule has 7 aromatic rings. The van der Waals surface area contributed by atoms with E-state index < -0.39 is 15.6 Å². The Balaban J connectivity index is 1.56. The van der Waals surface area contributed by atoms with E-state index in [2.05, 4.69) is 9.97 Å². The molecule has 0 bridgehead atoms. The van der Waals surface area contributed by atoms with Crippen LogP contribution in [0, 0.1) is 12.7 Å². The Hall–Kier alpha value is -5.43. The van der Waals surface area contributed by atoms with Gasteiger partial charge in [0, 0.05) is 36.7 Å². The van der Waals surface area contributed by atoms with E-state index in [1.807, 2.05) is 0 Å². The molecule has 0 N–H and O–H groups in total. The number of sulfonamides is 1. The Morgan fingerprint density at radius 1 is 1.04 bits per heavy atom. The zero-order valence-corrected chi connectivity index (χ0v) is 25.4. The van der Waals surface area contributed by atoms with Gasteiger partial charge in [-0.25, -0.2) is 22.8 Å². The van der Waals surface area contributed by atoms with Crippen LogP contribution in [0.2, 0.25) is 0 Å². The van der Waals surface area contributed by atoms with Crippen molar-refractivity contribution in [2.24, 2.45) is 0 Å². The van der Waals surface area contributed by atoms with Crippen LogP contribution in [0.4, 0.5) is 10.2 Å². The molecule has 226 valence electrons. The molecule has 1 aromatic carbocycles. The molecule has 11 nitrogen and oxygen atoms in total. The van der Waals surface area contributed by atoms with E-state index in [1.54, 1.807) is 67.0 Å². The summed E-state index contributed by atoms with van der Waals surface area (Å²) >= 11 is 0. The zero-order chi connectivity index (χ0) is 31.8. The molecule has 0 aliphatic heterocycles. The molecular weight excluding hydrogens is 599 g/mol. The van der Waals surface area contributed by atoms with Crippen molar-refractivity contribution in [3.8, 4) is 17.1 Å². The number of aromatic nitrogens is 5. The van der Waals surface area contributed by atoms with E-state index in [1.165, 1.54) is 29.9 Å². The second kappa shape index (κ2) is 10.1. The van der Waals surface area contributed by atoms with Crippen molar-refractivity contribution in [2.75, 3.05) is 17.6 Å². The van der Waals surface area contributed by atoms with Gasteiger partial charge in [-0.2, -0.15) is 4.98 Å². The number of rotatable bonds is 6. The number of hydrogen-bond acceptors (Lipinski definition) is 8. The minimum absolute atomic E-state index is 0.00426. The number of carbonyl (C=O) groups excluding carboxylic acids is 1. The molecule has 6 aromatic heterocycles. The number of aryl methyl sites for hydroxylation is 1. The van der Waals surface area contributed by atoms with Gasteiger partial charge in [-0.1, -0.05) is 13.0 Å². The third-order valence-corrected chi connectivity index (χ3v) is 9.04. The Kier molecular flexibility index (Phi) is 6.34. The summed E-state index contributed by atoms with van der Waals surface area (Å²) in [7, 11) is -2.47. The first-order chi connectivity index (χ1) is 21.5. The zero-order valence-electron chi connectivity index (χ0n) is 24.6. The summed E-state index contributed by atoms with van der Waals surface area (Å²) in [6.07, 6.45) is 4.26. The number of pyridine rings is 3. The molecule has 0 unspecified atom stereocenters. The molecule has 0 spiro atoms. The summed E-state index contributed by atoms with van der Waals surface area (Å²) in [5.41, 5.74) is 3.25. The number of anilines is 1. The summed E-state index contributed by atoms with van der Waals surface area (Å²) in [6.45, 7) is 3.47. The van der Waals surface area contributed by atoms with E-state index in [9.17, 15) is 22.4 Å². The Bertz CT molecular complexity index is 2550. The second-order valence-corrected chi connectivity index (χ2v) is 12.8. The summed E-state index contributed by atoms with van der Waals surface area (Å²) in [6, 6.07) is 14.6. The maximum absolute atomic E-state index is 14.7. The predicted molar refractivity (Wildman–Crippen MR) is 169 cm³/mol. The number of furan rings is 1. The maximum atomic E-state index is 14.7. The normalized spacial score (nSPS) is 12.1. The van der Waals surface area contributed by atoms with Crippen LogP contribution in [0.5, 0.6) is 0 Å². The lowest BCUT2D eigenvalue weighted by atomic mass is 10.0. The first kappa shape index (κ1) is 28.3. The van der Waals surface area contributed by atoms with Crippen molar-refractivity contribution in [3.05, 3.63) is 94.4 Å². The van der Waals surface area contributed by atoms with Gasteiger partial charge in [-0.05, 0) is 55.0 Å². The summed E-state index contributed by atoms with van der Waals surface area (Å²) in [4.78, 5) is 40.3. The largest absolute Gasteiger partial charge is 0.420 e. The SMILES string of the molecule is CCC(=O)c1c(-n2ccc(C)cc2=O)oc2nc(N(C)S(C)(=O)=O)c(-c3ccc4ncn5c6cccc(F)c6cc5c4n3)cc12. The molecule has 45 heavy (non-hydrogen) atoms. The lowest BCUT2D eigenvalue weighted by Crippen LogP contribution is -2.26. The van der Waals surface area contributed by atoms with Crippen LogP contribution in [0.1, 0.15) is 29.3 Å². The monoisotopic (exact) mass is 624 g/mol. The first-order valence-electron chi connectivity index (χ1n) is 14.0. The van der Waals surface area contributed by atoms with Gasteiger partial charge in [-0.3, -0.25) is 22.9 Å². The van der Waals surface area contributed by atoms with Gasteiger partial charge in [0.25, 0.3) is 5.56 Å². The topological polar surface area (TPSA) is 133 Å². The second-order valence-electron chi connectivity index (χ2n) is 10.8. The highest BCUT2D eigenvalue weighted by molar-refractivity contribution is 7.92. The standard InChI is InChI=1S/C32H25FN6O5S/c1-5-26(40)28-20-14-19(22-9-10-23-29(35-22)25-15-18-21(33)7-6-8-24(18)39(25)16-34-23)30(37(3)45(4,42)43)36-31(20)44-32(28)38-12-11-17(2)13-27(38)41/h6-16H,5H2,1-4H3. The Morgan fingerprint density at radius 3 is 2.58 bits per heavy atom. The smallest absolute Gasteiger partial charge is 0.257 e. The lowest BCUT2D eigenvalue weighted by Gasteiger charge is -2.19. The van der Waals surface area contributed by atoms with E-state index in [0.717, 1.165) is 16.1 Å². The third kappa shape index (κ3) is 4.46. The van der Waals surface area contributed by atoms with Gasteiger partial charge in [0.15, 0.2) is 11.6 Å². The average molecular weight is 625 g/mol. The van der Waals surface area contributed by atoms with Gasteiger partial charge in [0.1, 0.15) is 17.7 Å². The molecular formula is C32H25FN6O5S. The minimum Gasteiger partial charge on any atom is -0.420 e. The Labute approximate surface area is 255 Å². The number of Topliss-reactive ketones (excluding diaryl/α,β-unsaturated/α-hetero) is 1. The number of ketones is 1. The summed E-state index contributed by atoms with van der Waals surface area (Å²) < 4.78 is 50.2. The molecule has 6 heterocycles. The molecule has 0 saturated heterocycles. The van der Waals surface area contributed by atoms with Crippen molar-refractivity contribution in [3.63, 3.8) is 0 Å². The van der Waals surface area contributed by atoms with Gasteiger partial charge in [0.05, 0.1) is 39.4 Å². The summed E-state index contributed by atoms with van der Waals surface area (Å²) in [5, 5.41) is 0.693. The van der Waals surface area contributed by atoms with Crippen LogP contribution in [-0.4, -0.2) is 51.4 Å². The molecule has 0 aliphatic carbocycles. The van der Waals surface area contributed by atoms with Crippen LogP contribution in [0.15, 0.2) is 76.3 Å². The van der Waals surface area contributed by atoms with E-state index in [0.29, 0.717) is 38.5 Å². The predicted octanol–water partition coefficient (Wildman–Crippen LogP) is 5.43. The van der Waals surface area contributed by atoms with Crippen molar-refractivity contribution in [1.82, 2.24) is 23.9 Å².